The van der Waals surface area contributed by atoms with E-state index >= 15 is 0 Å². The quantitative estimate of drug-likeness (QED) is 0.495. The number of hydrogen-bond donors (Lipinski definition) is 0. The number of halogens is 1. The fourth-order valence-corrected chi connectivity index (χ4v) is 2.66. The molecule has 0 aliphatic heterocycles. The van der Waals surface area contributed by atoms with Crippen molar-refractivity contribution in [1.82, 2.24) is 4.98 Å². The summed E-state index contributed by atoms with van der Waals surface area (Å²) in [7, 11) is 0. The van der Waals surface area contributed by atoms with Crippen LogP contribution >= 0.6 is 15.9 Å². The predicted molar refractivity (Wildman–Crippen MR) is 89.8 cm³/mol. The number of oxazole rings is 1. The van der Waals surface area contributed by atoms with Crippen LogP contribution in [0.1, 0.15) is 13.8 Å². The van der Waals surface area contributed by atoms with Gasteiger partial charge < -0.3 is 13.9 Å². The topological polar surface area (TPSA) is 78.6 Å². The molecule has 3 aromatic rings. The molecule has 0 unspecified atom stereocenters. The van der Waals surface area contributed by atoms with E-state index in [0.29, 0.717) is 33.0 Å². The van der Waals surface area contributed by atoms with E-state index in [9.17, 15) is 9.59 Å². The third-order valence-corrected chi connectivity index (χ3v) is 3.63. The second-order valence-corrected chi connectivity index (χ2v) is 5.84. The molecule has 0 aliphatic rings. The van der Waals surface area contributed by atoms with Gasteiger partial charge in [-0.25, -0.2) is 4.98 Å². The number of rotatable bonds is 3. The summed E-state index contributed by atoms with van der Waals surface area (Å²) in [5.41, 5.74) is 1.83. The molecule has 0 radical (unpaired) electrons. The van der Waals surface area contributed by atoms with Crippen LogP contribution in [0.5, 0.6) is 11.5 Å². The summed E-state index contributed by atoms with van der Waals surface area (Å²) in [4.78, 5) is 26.4. The van der Waals surface area contributed by atoms with Gasteiger partial charge in [0.05, 0.1) is 4.47 Å². The fourth-order valence-electron chi connectivity index (χ4n) is 2.15. The van der Waals surface area contributed by atoms with Gasteiger partial charge in [-0.05, 0) is 46.3 Å². The standard InChI is InChI=1S/C17H12BrNO5/c1-9(20)22-12-5-3-11(4-6-12)17-19-15-8-13(23-10(2)21)7-14(18)16(15)24-17/h3-8H,1-2H3. The van der Waals surface area contributed by atoms with Crippen molar-refractivity contribution in [3.63, 3.8) is 0 Å². The van der Waals surface area contributed by atoms with Crippen LogP contribution in [0.3, 0.4) is 0 Å². The van der Waals surface area contributed by atoms with E-state index in [1.54, 1.807) is 36.4 Å². The van der Waals surface area contributed by atoms with Gasteiger partial charge >= 0.3 is 11.9 Å². The van der Waals surface area contributed by atoms with Gasteiger partial charge in [0.25, 0.3) is 0 Å². The number of aromatic nitrogens is 1. The van der Waals surface area contributed by atoms with E-state index in [-0.39, 0.29) is 5.97 Å². The second kappa shape index (κ2) is 6.45. The van der Waals surface area contributed by atoms with Gasteiger partial charge in [-0.15, -0.1) is 0 Å². The molecule has 1 heterocycles. The molecule has 2 aromatic carbocycles. The average Bonchev–Trinajstić information content (AvgIpc) is 2.91. The number of nitrogens with zero attached hydrogens (tertiary/aromatic N) is 1. The highest BCUT2D eigenvalue weighted by Gasteiger charge is 2.14. The zero-order valence-corrected chi connectivity index (χ0v) is 14.4. The maximum Gasteiger partial charge on any atom is 0.308 e. The van der Waals surface area contributed by atoms with Crippen molar-refractivity contribution in [2.45, 2.75) is 13.8 Å². The number of carbonyl (C=O) groups is 2. The number of hydrogen-bond acceptors (Lipinski definition) is 6. The zero-order chi connectivity index (χ0) is 17.3. The largest absolute Gasteiger partial charge is 0.435 e. The summed E-state index contributed by atoms with van der Waals surface area (Å²) in [6, 6.07) is 10.1. The molecule has 0 aliphatic carbocycles. The maximum atomic E-state index is 11.1. The first-order chi connectivity index (χ1) is 11.4. The van der Waals surface area contributed by atoms with Gasteiger partial charge in [-0.2, -0.15) is 0 Å². The van der Waals surface area contributed by atoms with Crippen LogP contribution in [0.15, 0.2) is 45.3 Å². The minimum absolute atomic E-state index is 0.381. The predicted octanol–water partition coefficient (Wildman–Crippen LogP) is 4.11. The lowest BCUT2D eigenvalue weighted by Crippen LogP contribution is -2.01. The molecule has 1 aromatic heterocycles. The van der Waals surface area contributed by atoms with Crippen LogP contribution in [0.4, 0.5) is 0 Å². The molecular formula is C17H12BrNO5. The van der Waals surface area contributed by atoms with E-state index in [1.807, 2.05) is 0 Å². The molecular weight excluding hydrogens is 378 g/mol. The first-order valence-electron chi connectivity index (χ1n) is 7.00. The number of benzene rings is 2. The fraction of sp³-hybridized carbons (Fsp3) is 0.118. The van der Waals surface area contributed by atoms with E-state index < -0.39 is 5.97 Å². The summed E-state index contributed by atoms with van der Waals surface area (Å²) >= 11 is 3.38. The van der Waals surface area contributed by atoms with Crippen LogP contribution in [0.2, 0.25) is 0 Å². The Morgan fingerprint density at radius 2 is 1.62 bits per heavy atom. The van der Waals surface area contributed by atoms with Crippen molar-refractivity contribution in [2.24, 2.45) is 0 Å². The molecule has 0 saturated carbocycles. The highest BCUT2D eigenvalue weighted by molar-refractivity contribution is 9.10. The lowest BCUT2D eigenvalue weighted by atomic mass is 10.2. The molecule has 0 amide bonds. The van der Waals surface area contributed by atoms with Crippen molar-refractivity contribution >= 4 is 39.0 Å². The van der Waals surface area contributed by atoms with Crippen LogP contribution in [-0.2, 0) is 9.59 Å². The Labute approximate surface area is 145 Å². The molecule has 6 nitrogen and oxygen atoms in total. The van der Waals surface area contributed by atoms with Gasteiger partial charge in [0.15, 0.2) is 5.58 Å². The normalized spacial score (nSPS) is 10.6. The van der Waals surface area contributed by atoms with Crippen LogP contribution < -0.4 is 9.47 Å². The summed E-state index contributed by atoms with van der Waals surface area (Å²) < 4.78 is 16.5. The van der Waals surface area contributed by atoms with Crippen LogP contribution in [-0.4, -0.2) is 16.9 Å². The second-order valence-electron chi connectivity index (χ2n) is 4.98. The Morgan fingerprint density at radius 1 is 1.00 bits per heavy atom. The Balaban J connectivity index is 1.96. The lowest BCUT2D eigenvalue weighted by molar-refractivity contribution is -0.132. The molecule has 0 fully saturated rings. The SMILES string of the molecule is CC(=O)Oc1ccc(-c2nc3cc(OC(C)=O)cc(Br)c3o2)cc1. The van der Waals surface area contributed by atoms with Gasteiger partial charge in [0.2, 0.25) is 5.89 Å². The first kappa shape index (κ1) is 16.2. The van der Waals surface area contributed by atoms with E-state index in [4.69, 9.17) is 13.9 Å². The highest BCUT2D eigenvalue weighted by atomic mass is 79.9. The number of ether oxygens (including phenoxy) is 2. The monoisotopic (exact) mass is 389 g/mol. The molecule has 0 spiro atoms. The third-order valence-electron chi connectivity index (χ3n) is 3.04. The highest BCUT2D eigenvalue weighted by Crippen LogP contribution is 2.33. The summed E-state index contributed by atoms with van der Waals surface area (Å²) in [6.07, 6.45) is 0. The minimum atomic E-state index is -0.411. The molecule has 0 N–H and O–H groups in total. The number of fused-ring (bicyclic) bond motifs is 1. The molecule has 24 heavy (non-hydrogen) atoms. The molecule has 122 valence electrons. The van der Waals surface area contributed by atoms with Crippen molar-refractivity contribution in [1.29, 1.82) is 0 Å². The Bertz CT molecular complexity index is 930. The molecule has 7 heteroatoms. The number of carbonyl (C=O) groups excluding carboxylic acids is 2. The van der Waals surface area contributed by atoms with Gasteiger partial charge in [0.1, 0.15) is 17.0 Å². The Morgan fingerprint density at radius 3 is 2.25 bits per heavy atom. The van der Waals surface area contributed by atoms with E-state index in [0.717, 1.165) is 5.56 Å². The Kier molecular flexibility index (Phi) is 4.35. The smallest absolute Gasteiger partial charge is 0.308 e. The minimum Gasteiger partial charge on any atom is -0.435 e. The zero-order valence-electron chi connectivity index (χ0n) is 12.8. The Hall–Kier alpha value is -2.67. The summed E-state index contributed by atoms with van der Waals surface area (Å²) in [5, 5.41) is 0. The van der Waals surface area contributed by atoms with E-state index in [1.165, 1.54) is 13.8 Å². The summed E-state index contributed by atoms with van der Waals surface area (Å²) in [5.74, 6) is 0.435. The van der Waals surface area contributed by atoms with Crippen LogP contribution in [0, 0.1) is 0 Å². The van der Waals surface area contributed by atoms with Crippen LogP contribution in [0.25, 0.3) is 22.6 Å². The van der Waals surface area contributed by atoms with Crippen molar-refractivity contribution < 1.29 is 23.5 Å². The van der Waals surface area contributed by atoms with Gasteiger partial charge in [-0.1, -0.05) is 0 Å². The van der Waals surface area contributed by atoms with Gasteiger partial charge in [-0.3, -0.25) is 9.59 Å². The number of esters is 2. The average molecular weight is 390 g/mol. The molecule has 0 atom stereocenters. The van der Waals surface area contributed by atoms with Crippen molar-refractivity contribution in [3.8, 4) is 23.0 Å². The lowest BCUT2D eigenvalue weighted by Gasteiger charge is -2.01. The summed E-state index contributed by atoms with van der Waals surface area (Å²) in [6.45, 7) is 2.67. The van der Waals surface area contributed by atoms with E-state index in [2.05, 4.69) is 20.9 Å². The molecule has 0 bridgehead atoms. The maximum absolute atomic E-state index is 11.1. The third kappa shape index (κ3) is 3.46. The van der Waals surface area contributed by atoms with Crippen molar-refractivity contribution in [2.75, 3.05) is 0 Å². The molecule has 0 saturated heterocycles. The van der Waals surface area contributed by atoms with Gasteiger partial charge in [0, 0.05) is 25.5 Å². The van der Waals surface area contributed by atoms with Crippen molar-refractivity contribution in [3.05, 3.63) is 40.9 Å². The first-order valence-corrected chi connectivity index (χ1v) is 7.79. The molecule has 3 rings (SSSR count).